The molecule has 0 saturated carbocycles. The Hall–Kier alpha value is -2.35. The van der Waals surface area contributed by atoms with Crippen molar-refractivity contribution in [2.75, 3.05) is 13.1 Å². The summed E-state index contributed by atoms with van der Waals surface area (Å²) >= 11 is 0. The van der Waals surface area contributed by atoms with Crippen LogP contribution >= 0.6 is 0 Å². The lowest BCUT2D eigenvalue weighted by molar-refractivity contribution is -0.129. The van der Waals surface area contributed by atoms with Crippen LogP contribution in [0.2, 0.25) is 0 Å². The van der Waals surface area contributed by atoms with E-state index in [1.54, 1.807) is 18.2 Å². The summed E-state index contributed by atoms with van der Waals surface area (Å²) in [6.07, 6.45) is 5.21. The van der Waals surface area contributed by atoms with Gasteiger partial charge in [0.25, 0.3) is 0 Å². The minimum atomic E-state index is -0.414. The standard InChI is InChI=1S/C15H15FN2O2/c1-2-7-17-15(20)12-8-14(19)18(10-12)9-11-5-3-4-6-13(11)16/h1,3-6,12H,7-10H2,(H,17,20). The number of rotatable bonds is 4. The van der Waals surface area contributed by atoms with Gasteiger partial charge in [-0.25, -0.2) is 4.39 Å². The fourth-order valence-electron chi connectivity index (χ4n) is 2.22. The molecule has 1 fully saturated rings. The molecule has 1 atom stereocenters. The molecule has 2 amide bonds. The van der Waals surface area contributed by atoms with Crippen LogP contribution in [-0.4, -0.2) is 29.8 Å². The summed E-state index contributed by atoms with van der Waals surface area (Å²) in [7, 11) is 0. The van der Waals surface area contributed by atoms with Crippen molar-refractivity contribution in [1.82, 2.24) is 10.2 Å². The lowest BCUT2D eigenvalue weighted by Crippen LogP contribution is -2.33. The molecule has 20 heavy (non-hydrogen) atoms. The van der Waals surface area contributed by atoms with Crippen molar-refractivity contribution in [1.29, 1.82) is 0 Å². The third-order valence-electron chi connectivity index (χ3n) is 3.27. The van der Waals surface area contributed by atoms with Gasteiger partial charge in [-0.05, 0) is 6.07 Å². The van der Waals surface area contributed by atoms with E-state index in [0.29, 0.717) is 12.1 Å². The Kier molecular flexibility index (Phi) is 4.36. The predicted octanol–water partition coefficient (Wildman–Crippen LogP) is 0.924. The molecule has 1 aromatic rings. The average molecular weight is 274 g/mol. The smallest absolute Gasteiger partial charge is 0.226 e. The molecule has 1 aliphatic heterocycles. The highest BCUT2D eigenvalue weighted by Gasteiger charge is 2.34. The number of nitrogens with one attached hydrogen (secondary N) is 1. The summed E-state index contributed by atoms with van der Waals surface area (Å²) in [5.74, 6) is 1.18. The summed E-state index contributed by atoms with van der Waals surface area (Å²) in [5.41, 5.74) is 0.450. The molecule has 4 nitrogen and oxygen atoms in total. The summed E-state index contributed by atoms with van der Waals surface area (Å²) in [4.78, 5) is 25.1. The number of hydrogen-bond acceptors (Lipinski definition) is 2. The molecule has 1 aromatic carbocycles. The van der Waals surface area contributed by atoms with Gasteiger partial charge >= 0.3 is 0 Å². The van der Waals surface area contributed by atoms with E-state index < -0.39 is 5.92 Å². The summed E-state index contributed by atoms with van der Waals surface area (Å²) in [5, 5.41) is 2.56. The monoisotopic (exact) mass is 274 g/mol. The first kappa shape index (κ1) is 14.1. The van der Waals surface area contributed by atoms with Gasteiger partial charge in [-0.15, -0.1) is 6.42 Å². The van der Waals surface area contributed by atoms with Gasteiger partial charge in [0, 0.05) is 25.1 Å². The van der Waals surface area contributed by atoms with Crippen LogP contribution in [0.4, 0.5) is 4.39 Å². The second-order valence-electron chi connectivity index (χ2n) is 4.69. The average Bonchev–Trinajstić information content (AvgIpc) is 2.80. The molecular weight excluding hydrogens is 259 g/mol. The van der Waals surface area contributed by atoms with Crippen molar-refractivity contribution in [2.24, 2.45) is 5.92 Å². The maximum absolute atomic E-state index is 13.6. The van der Waals surface area contributed by atoms with Crippen LogP contribution in [0.15, 0.2) is 24.3 Å². The number of terminal acetylenes is 1. The molecule has 1 heterocycles. The topological polar surface area (TPSA) is 49.4 Å². The molecule has 0 aliphatic carbocycles. The molecule has 104 valence electrons. The minimum absolute atomic E-state index is 0.144. The minimum Gasteiger partial charge on any atom is -0.345 e. The van der Waals surface area contributed by atoms with Crippen molar-refractivity contribution in [3.8, 4) is 12.3 Å². The first-order valence-electron chi connectivity index (χ1n) is 6.34. The molecule has 1 N–H and O–H groups in total. The van der Waals surface area contributed by atoms with Gasteiger partial charge in [0.15, 0.2) is 0 Å². The summed E-state index contributed by atoms with van der Waals surface area (Å²) in [6.45, 7) is 0.630. The number of benzene rings is 1. The maximum atomic E-state index is 13.6. The normalized spacial score (nSPS) is 17.9. The van der Waals surface area contributed by atoms with Crippen molar-refractivity contribution < 1.29 is 14.0 Å². The Labute approximate surface area is 117 Å². The van der Waals surface area contributed by atoms with Gasteiger partial charge in [-0.1, -0.05) is 24.1 Å². The van der Waals surface area contributed by atoms with Gasteiger partial charge in [0.2, 0.25) is 11.8 Å². The lowest BCUT2D eigenvalue weighted by atomic mass is 10.1. The Balaban J connectivity index is 1.98. The highest BCUT2D eigenvalue weighted by Crippen LogP contribution is 2.21. The molecule has 1 unspecified atom stereocenters. The number of hydrogen-bond donors (Lipinski definition) is 1. The summed E-state index contributed by atoms with van der Waals surface area (Å²) < 4.78 is 13.6. The zero-order chi connectivity index (χ0) is 14.5. The van der Waals surface area contributed by atoms with Crippen molar-refractivity contribution in [2.45, 2.75) is 13.0 Å². The molecule has 2 rings (SSSR count). The van der Waals surface area contributed by atoms with Gasteiger partial charge in [0.05, 0.1) is 12.5 Å². The lowest BCUT2D eigenvalue weighted by Gasteiger charge is -2.16. The van der Waals surface area contributed by atoms with E-state index in [4.69, 9.17) is 6.42 Å². The number of likely N-dealkylation sites (tertiary alicyclic amines) is 1. The van der Waals surface area contributed by atoms with Crippen LogP contribution in [0, 0.1) is 24.1 Å². The van der Waals surface area contributed by atoms with E-state index in [1.807, 2.05) is 0 Å². The second kappa shape index (κ2) is 6.20. The molecule has 5 heteroatoms. The molecule has 1 saturated heterocycles. The largest absolute Gasteiger partial charge is 0.345 e. The SMILES string of the molecule is C#CCNC(=O)C1CC(=O)N(Cc2ccccc2F)C1. The van der Waals surface area contributed by atoms with Gasteiger partial charge in [-0.3, -0.25) is 9.59 Å². The van der Waals surface area contributed by atoms with E-state index in [2.05, 4.69) is 11.2 Å². The zero-order valence-electron chi connectivity index (χ0n) is 10.9. The Morgan fingerprint density at radius 3 is 2.95 bits per heavy atom. The number of carbonyl (C=O) groups is 2. The van der Waals surface area contributed by atoms with Crippen LogP contribution < -0.4 is 5.32 Å². The van der Waals surface area contributed by atoms with E-state index in [9.17, 15) is 14.0 Å². The Bertz CT molecular complexity index is 565. The van der Waals surface area contributed by atoms with Gasteiger partial charge in [-0.2, -0.15) is 0 Å². The van der Waals surface area contributed by atoms with E-state index in [-0.39, 0.29) is 37.1 Å². The Morgan fingerprint density at radius 2 is 2.25 bits per heavy atom. The van der Waals surface area contributed by atoms with E-state index in [0.717, 1.165) is 0 Å². The van der Waals surface area contributed by atoms with Crippen LogP contribution in [-0.2, 0) is 16.1 Å². The molecule has 0 radical (unpaired) electrons. The first-order chi connectivity index (χ1) is 9.61. The van der Waals surface area contributed by atoms with Crippen molar-refractivity contribution >= 4 is 11.8 Å². The number of halogens is 1. The number of carbonyl (C=O) groups excluding carboxylic acids is 2. The molecular formula is C15H15FN2O2. The second-order valence-corrected chi connectivity index (χ2v) is 4.69. The summed E-state index contributed by atoms with van der Waals surface area (Å²) in [6, 6.07) is 6.30. The molecule has 0 spiro atoms. The molecule has 1 aliphatic rings. The van der Waals surface area contributed by atoms with Gasteiger partial charge in [0.1, 0.15) is 5.82 Å². The zero-order valence-corrected chi connectivity index (χ0v) is 10.9. The first-order valence-corrected chi connectivity index (χ1v) is 6.34. The van der Waals surface area contributed by atoms with Crippen LogP contribution in [0.1, 0.15) is 12.0 Å². The molecule has 0 aromatic heterocycles. The van der Waals surface area contributed by atoms with Gasteiger partial charge < -0.3 is 10.2 Å². The maximum Gasteiger partial charge on any atom is 0.226 e. The molecule has 0 bridgehead atoms. The predicted molar refractivity (Wildman–Crippen MR) is 71.8 cm³/mol. The number of nitrogens with zero attached hydrogens (tertiary/aromatic N) is 1. The highest BCUT2D eigenvalue weighted by molar-refractivity contribution is 5.89. The fraction of sp³-hybridized carbons (Fsp3) is 0.333. The van der Waals surface area contributed by atoms with Crippen LogP contribution in [0.5, 0.6) is 0 Å². The van der Waals surface area contributed by atoms with Crippen molar-refractivity contribution in [3.05, 3.63) is 35.6 Å². The highest BCUT2D eigenvalue weighted by atomic mass is 19.1. The van der Waals surface area contributed by atoms with E-state index in [1.165, 1.54) is 11.0 Å². The van der Waals surface area contributed by atoms with Crippen molar-refractivity contribution in [3.63, 3.8) is 0 Å². The fourth-order valence-corrected chi connectivity index (χ4v) is 2.22. The van der Waals surface area contributed by atoms with Crippen LogP contribution in [0.3, 0.4) is 0 Å². The number of amides is 2. The van der Waals surface area contributed by atoms with Crippen LogP contribution in [0.25, 0.3) is 0 Å². The Morgan fingerprint density at radius 1 is 1.50 bits per heavy atom. The quantitative estimate of drug-likeness (QED) is 0.830. The van der Waals surface area contributed by atoms with E-state index >= 15 is 0 Å². The third kappa shape index (κ3) is 3.15. The third-order valence-corrected chi connectivity index (χ3v) is 3.27.